The van der Waals surface area contributed by atoms with E-state index in [2.05, 4.69) is 15.6 Å². The molecule has 3 heterocycles. The molecular formula is C18H17F2N3O3. The standard InChI is InChI=1S/C18H17F2N3O3/c19-18(20)9-13(21-10-18)17(24)23-16-3-1-2-12(22-16)11-4-5-14-15(8-11)26-7-6-25-14/h1-5,8,13,21H,6-7,9-10H2,(H,22,23,24). The maximum atomic E-state index is 13.2. The van der Waals surface area contributed by atoms with Crippen molar-refractivity contribution in [2.24, 2.45) is 0 Å². The van der Waals surface area contributed by atoms with Crippen LogP contribution >= 0.6 is 0 Å². The van der Waals surface area contributed by atoms with Crippen LogP contribution in [0.5, 0.6) is 11.5 Å². The summed E-state index contributed by atoms with van der Waals surface area (Å²) < 4.78 is 37.5. The van der Waals surface area contributed by atoms with Crippen LogP contribution < -0.4 is 20.1 Å². The minimum Gasteiger partial charge on any atom is -0.486 e. The predicted octanol–water partition coefficient (Wildman–Crippen LogP) is 2.46. The molecule has 2 aliphatic heterocycles. The topological polar surface area (TPSA) is 72.5 Å². The highest BCUT2D eigenvalue weighted by Gasteiger charge is 2.42. The summed E-state index contributed by atoms with van der Waals surface area (Å²) in [5.41, 5.74) is 1.43. The average molecular weight is 361 g/mol. The van der Waals surface area contributed by atoms with E-state index in [1.165, 1.54) is 0 Å². The molecule has 1 amide bonds. The Morgan fingerprint density at radius 1 is 1.19 bits per heavy atom. The quantitative estimate of drug-likeness (QED) is 0.879. The molecule has 2 aliphatic rings. The SMILES string of the molecule is O=C(Nc1cccc(-c2ccc3c(c2)OCCO3)n1)C1CC(F)(F)CN1. The lowest BCUT2D eigenvalue weighted by atomic mass is 10.1. The van der Waals surface area contributed by atoms with Crippen molar-refractivity contribution in [2.75, 3.05) is 25.1 Å². The van der Waals surface area contributed by atoms with Crippen LogP contribution in [0.2, 0.25) is 0 Å². The molecule has 0 bridgehead atoms. The molecule has 1 unspecified atom stereocenters. The van der Waals surface area contributed by atoms with Crippen molar-refractivity contribution in [3.63, 3.8) is 0 Å². The van der Waals surface area contributed by atoms with E-state index in [0.29, 0.717) is 36.2 Å². The molecule has 1 aromatic heterocycles. The summed E-state index contributed by atoms with van der Waals surface area (Å²) in [4.78, 5) is 16.6. The summed E-state index contributed by atoms with van der Waals surface area (Å²) >= 11 is 0. The van der Waals surface area contributed by atoms with Crippen molar-refractivity contribution in [1.29, 1.82) is 0 Å². The fourth-order valence-electron chi connectivity index (χ4n) is 2.98. The van der Waals surface area contributed by atoms with Crippen LogP contribution in [-0.2, 0) is 4.79 Å². The zero-order valence-corrected chi connectivity index (χ0v) is 13.8. The van der Waals surface area contributed by atoms with Crippen LogP contribution in [0, 0.1) is 0 Å². The minimum atomic E-state index is -2.86. The van der Waals surface area contributed by atoms with Gasteiger partial charge in [0.05, 0.1) is 18.3 Å². The molecule has 1 fully saturated rings. The van der Waals surface area contributed by atoms with Crippen LogP contribution in [0.15, 0.2) is 36.4 Å². The summed E-state index contributed by atoms with van der Waals surface area (Å²) in [6.45, 7) is 0.509. The van der Waals surface area contributed by atoms with Crippen molar-refractivity contribution in [2.45, 2.75) is 18.4 Å². The number of pyridine rings is 1. The fourth-order valence-corrected chi connectivity index (χ4v) is 2.98. The zero-order chi connectivity index (χ0) is 18.1. The Bertz CT molecular complexity index is 844. The summed E-state index contributed by atoms with van der Waals surface area (Å²) in [6.07, 6.45) is -0.513. The van der Waals surface area contributed by atoms with E-state index in [-0.39, 0.29) is 0 Å². The van der Waals surface area contributed by atoms with Gasteiger partial charge in [-0.2, -0.15) is 0 Å². The van der Waals surface area contributed by atoms with Gasteiger partial charge in [0.1, 0.15) is 19.0 Å². The number of carbonyl (C=O) groups is 1. The number of carbonyl (C=O) groups excluding carboxylic acids is 1. The Morgan fingerprint density at radius 2 is 2.00 bits per heavy atom. The first-order valence-corrected chi connectivity index (χ1v) is 8.29. The molecule has 6 nitrogen and oxygen atoms in total. The van der Waals surface area contributed by atoms with Crippen LogP contribution in [0.3, 0.4) is 0 Å². The molecule has 8 heteroatoms. The van der Waals surface area contributed by atoms with Crippen LogP contribution in [0.1, 0.15) is 6.42 Å². The molecule has 0 aliphatic carbocycles. The third-order valence-electron chi connectivity index (χ3n) is 4.26. The molecule has 0 spiro atoms. The van der Waals surface area contributed by atoms with Crippen molar-refractivity contribution in [3.05, 3.63) is 36.4 Å². The Morgan fingerprint density at radius 3 is 2.77 bits per heavy atom. The van der Waals surface area contributed by atoms with Gasteiger partial charge >= 0.3 is 0 Å². The summed E-state index contributed by atoms with van der Waals surface area (Å²) in [6, 6.07) is 9.70. The fraction of sp³-hybridized carbons (Fsp3) is 0.333. The Balaban J connectivity index is 1.51. The summed E-state index contributed by atoms with van der Waals surface area (Å²) in [5.74, 6) is -1.75. The number of nitrogens with zero attached hydrogens (tertiary/aromatic N) is 1. The monoisotopic (exact) mass is 361 g/mol. The normalized spacial score (nSPS) is 20.6. The van der Waals surface area contributed by atoms with Gasteiger partial charge < -0.3 is 14.8 Å². The first-order valence-electron chi connectivity index (χ1n) is 8.29. The highest BCUT2D eigenvalue weighted by Crippen LogP contribution is 2.34. The van der Waals surface area contributed by atoms with Crippen molar-refractivity contribution >= 4 is 11.7 Å². The van der Waals surface area contributed by atoms with Gasteiger partial charge in [-0.1, -0.05) is 6.07 Å². The number of hydrogen-bond acceptors (Lipinski definition) is 5. The molecule has 26 heavy (non-hydrogen) atoms. The molecule has 1 aromatic carbocycles. The average Bonchev–Trinajstić information content (AvgIpc) is 3.01. The number of hydrogen-bond donors (Lipinski definition) is 2. The lowest BCUT2D eigenvalue weighted by Gasteiger charge is -2.19. The molecule has 0 saturated carbocycles. The number of rotatable bonds is 3. The van der Waals surface area contributed by atoms with Gasteiger partial charge in [-0.3, -0.25) is 10.1 Å². The smallest absolute Gasteiger partial charge is 0.262 e. The third-order valence-corrected chi connectivity index (χ3v) is 4.26. The highest BCUT2D eigenvalue weighted by molar-refractivity contribution is 5.94. The number of anilines is 1. The largest absolute Gasteiger partial charge is 0.486 e. The third kappa shape index (κ3) is 3.45. The summed E-state index contributed by atoms with van der Waals surface area (Å²) in [7, 11) is 0. The van der Waals surface area contributed by atoms with Gasteiger partial charge in [0.25, 0.3) is 5.92 Å². The molecule has 2 N–H and O–H groups in total. The maximum absolute atomic E-state index is 13.2. The lowest BCUT2D eigenvalue weighted by Crippen LogP contribution is -2.35. The molecule has 4 rings (SSSR count). The van der Waals surface area contributed by atoms with Crippen molar-refractivity contribution in [1.82, 2.24) is 10.3 Å². The van der Waals surface area contributed by atoms with Crippen LogP contribution in [0.25, 0.3) is 11.3 Å². The Kier molecular flexibility index (Phi) is 4.20. The number of ether oxygens (including phenoxy) is 2. The molecular weight excluding hydrogens is 344 g/mol. The summed E-state index contributed by atoms with van der Waals surface area (Å²) in [5, 5.41) is 5.12. The molecule has 136 valence electrons. The Hall–Kier alpha value is -2.74. The van der Waals surface area contributed by atoms with E-state index in [4.69, 9.17) is 9.47 Å². The molecule has 2 aromatic rings. The second kappa shape index (κ2) is 6.53. The van der Waals surface area contributed by atoms with Crippen LogP contribution in [0.4, 0.5) is 14.6 Å². The van der Waals surface area contributed by atoms with E-state index >= 15 is 0 Å². The number of aromatic nitrogens is 1. The maximum Gasteiger partial charge on any atom is 0.262 e. The van der Waals surface area contributed by atoms with E-state index < -0.39 is 30.8 Å². The first-order chi connectivity index (χ1) is 12.5. The Labute approximate surface area is 148 Å². The highest BCUT2D eigenvalue weighted by atomic mass is 19.3. The van der Waals surface area contributed by atoms with Gasteiger partial charge in [-0.05, 0) is 30.3 Å². The van der Waals surface area contributed by atoms with Gasteiger partial charge in [-0.15, -0.1) is 0 Å². The number of benzene rings is 1. The number of amides is 1. The van der Waals surface area contributed by atoms with E-state index in [0.717, 1.165) is 5.56 Å². The van der Waals surface area contributed by atoms with Gasteiger partial charge in [0, 0.05) is 12.0 Å². The van der Waals surface area contributed by atoms with E-state index in [1.807, 2.05) is 12.1 Å². The molecule has 1 saturated heterocycles. The van der Waals surface area contributed by atoms with Gasteiger partial charge in [-0.25, -0.2) is 13.8 Å². The minimum absolute atomic E-state index is 0.305. The molecule has 0 radical (unpaired) electrons. The van der Waals surface area contributed by atoms with Gasteiger partial charge in [0.2, 0.25) is 5.91 Å². The number of halogens is 2. The second-order valence-electron chi connectivity index (χ2n) is 6.25. The van der Waals surface area contributed by atoms with Gasteiger partial charge in [0.15, 0.2) is 11.5 Å². The van der Waals surface area contributed by atoms with Crippen molar-refractivity contribution in [3.8, 4) is 22.8 Å². The van der Waals surface area contributed by atoms with E-state index in [9.17, 15) is 13.6 Å². The zero-order valence-electron chi connectivity index (χ0n) is 13.8. The number of alkyl halides is 2. The van der Waals surface area contributed by atoms with E-state index in [1.54, 1.807) is 24.3 Å². The first kappa shape index (κ1) is 16.7. The van der Waals surface area contributed by atoms with Crippen LogP contribution in [-0.4, -0.2) is 42.6 Å². The van der Waals surface area contributed by atoms with Crippen molar-refractivity contribution < 1.29 is 23.0 Å². The number of nitrogens with one attached hydrogen (secondary N) is 2. The second-order valence-corrected chi connectivity index (χ2v) is 6.25. The molecule has 1 atom stereocenters. The number of fused-ring (bicyclic) bond motifs is 1. The lowest BCUT2D eigenvalue weighted by molar-refractivity contribution is -0.118. The predicted molar refractivity (Wildman–Crippen MR) is 90.6 cm³/mol.